The highest BCUT2D eigenvalue weighted by Gasteiger charge is 2.35. The van der Waals surface area contributed by atoms with E-state index < -0.39 is 0 Å². The summed E-state index contributed by atoms with van der Waals surface area (Å²) in [5, 5.41) is 10.4. The van der Waals surface area contributed by atoms with Crippen LogP contribution in [-0.2, 0) is 5.41 Å². The molecule has 9 rings (SSSR count). The van der Waals surface area contributed by atoms with Crippen molar-refractivity contribution in [1.29, 1.82) is 0 Å². The Bertz CT molecular complexity index is 2420. The molecule has 0 saturated carbocycles. The smallest absolute Gasteiger partial charge is 0.0159 e. The van der Waals surface area contributed by atoms with Crippen molar-refractivity contribution in [2.24, 2.45) is 0 Å². The number of hydrogen-bond donors (Lipinski definition) is 0. The molecular weight excluding hydrogens is 516 g/mol. The van der Waals surface area contributed by atoms with Crippen LogP contribution in [0.1, 0.15) is 25.0 Å². The van der Waals surface area contributed by atoms with Gasteiger partial charge in [0.2, 0.25) is 0 Å². The fraction of sp³-hybridized carbons (Fsp3) is 0.0698. The van der Waals surface area contributed by atoms with Crippen LogP contribution in [-0.4, -0.2) is 0 Å². The summed E-state index contributed by atoms with van der Waals surface area (Å²) in [6.45, 7) is 4.72. The molecule has 1 aliphatic carbocycles. The molecule has 0 spiro atoms. The van der Waals surface area contributed by atoms with Crippen LogP contribution < -0.4 is 0 Å². The fourth-order valence-corrected chi connectivity index (χ4v) is 7.50. The van der Waals surface area contributed by atoms with Crippen molar-refractivity contribution in [3.8, 4) is 33.4 Å². The molecule has 0 amide bonds. The maximum Gasteiger partial charge on any atom is 0.0159 e. The van der Waals surface area contributed by atoms with Crippen LogP contribution in [0.15, 0.2) is 146 Å². The van der Waals surface area contributed by atoms with Crippen molar-refractivity contribution in [1.82, 2.24) is 0 Å². The van der Waals surface area contributed by atoms with E-state index in [1.807, 2.05) is 0 Å². The molecule has 0 radical (unpaired) electrons. The van der Waals surface area contributed by atoms with Crippen LogP contribution in [0.5, 0.6) is 0 Å². The minimum absolute atomic E-state index is 0.0207. The Morgan fingerprint density at radius 3 is 1.70 bits per heavy atom. The molecule has 43 heavy (non-hydrogen) atoms. The van der Waals surface area contributed by atoms with Crippen molar-refractivity contribution in [2.75, 3.05) is 0 Å². The van der Waals surface area contributed by atoms with Gasteiger partial charge in [0, 0.05) is 5.41 Å². The summed E-state index contributed by atoms with van der Waals surface area (Å²) in [6, 6.07) is 54.3. The predicted octanol–water partition coefficient (Wildman–Crippen LogP) is 11.9. The molecule has 0 unspecified atom stereocenters. The second kappa shape index (κ2) is 8.90. The zero-order valence-corrected chi connectivity index (χ0v) is 24.4. The van der Waals surface area contributed by atoms with Gasteiger partial charge in [0.05, 0.1) is 0 Å². The van der Waals surface area contributed by atoms with E-state index in [0.717, 1.165) is 0 Å². The maximum atomic E-state index is 2.41. The zero-order chi connectivity index (χ0) is 28.7. The lowest BCUT2D eigenvalue weighted by Gasteiger charge is -2.22. The van der Waals surface area contributed by atoms with Crippen molar-refractivity contribution >= 4 is 43.1 Å². The minimum Gasteiger partial charge on any atom is -0.0616 e. The molecule has 8 aromatic rings. The minimum atomic E-state index is -0.0207. The van der Waals surface area contributed by atoms with Gasteiger partial charge in [0.25, 0.3) is 0 Å². The lowest BCUT2D eigenvalue weighted by atomic mass is 9.81. The molecule has 0 atom stereocenters. The van der Waals surface area contributed by atoms with Gasteiger partial charge in [0.1, 0.15) is 0 Å². The van der Waals surface area contributed by atoms with E-state index in [0.29, 0.717) is 0 Å². The lowest BCUT2D eigenvalue weighted by Crippen LogP contribution is -2.14. The molecule has 0 aliphatic heterocycles. The van der Waals surface area contributed by atoms with Gasteiger partial charge in [-0.1, -0.05) is 129 Å². The highest BCUT2D eigenvalue weighted by atomic mass is 14.4. The summed E-state index contributed by atoms with van der Waals surface area (Å²) >= 11 is 0. The van der Waals surface area contributed by atoms with E-state index in [-0.39, 0.29) is 5.41 Å². The molecule has 0 bridgehead atoms. The van der Waals surface area contributed by atoms with Crippen LogP contribution in [0.2, 0.25) is 0 Å². The third-order valence-electron chi connectivity index (χ3n) is 9.80. The Morgan fingerprint density at radius 1 is 0.349 bits per heavy atom. The van der Waals surface area contributed by atoms with Crippen LogP contribution >= 0.6 is 0 Å². The molecule has 0 aromatic heterocycles. The van der Waals surface area contributed by atoms with Crippen LogP contribution in [0, 0.1) is 0 Å². The summed E-state index contributed by atoms with van der Waals surface area (Å²) in [4.78, 5) is 0. The van der Waals surface area contributed by atoms with E-state index in [1.165, 1.54) is 87.6 Å². The number of benzene rings is 8. The first-order valence-corrected chi connectivity index (χ1v) is 15.2. The quantitative estimate of drug-likeness (QED) is 0.189. The fourth-order valence-electron chi connectivity index (χ4n) is 7.50. The average molecular weight is 547 g/mol. The van der Waals surface area contributed by atoms with Gasteiger partial charge in [0.15, 0.2) is 0 Å². The van der Waals surface area contributed by atoms with Gasteiger partial charge >= 0.3 is 0 Å². The average Bonchev–Trinajstić information content (AvgIpc) is 3.28. The Labute approximate surface area is 251 Å². The second-order valence-electron chi connectivity index (χ2n) is 12.6. The van der Waals surface area contributed by atoms with Gasteiger partial charge in [-0.3, -0.25) is 0 Å². The molecule has 0 N–H and O–H groups in total. The van der Waals surface area contributed by atoms with Gasteiger partial charge in [-0.05, 0) is 118 Å². The molecule has 0 heteroatoms. The lowest BCUT2D eigenvalue weighted by molar-refractivity contribution is 0.661. The number of hydrogen-bond acceptors (Lipinski definition) is 0. The van der Waals surface area contributed by atoms with E-state index in [2.05, 4.69) is 159 Å². The van der Waals surface area contributed by atoms with Crippen molar-refractivity contribution in [3.05, 3.63) is 157 Å². The standard InChI is InChI=1S/C43H30/c1-43(2)40-21-20-35(25-38(40)39-24-32-9-3-4-10-33(32)26-41(39)43)31-12-7-11-30(22-31)34-19-16-28-15-18-29-17-14-27-8-5-6-13-36(27)42(29)37(28)23-34/h3-26H,1-2H3. The first kappa shape index (κ1) is 24.4. The molecule has 8 aromatic carbocycles. The highest BCUT2D eigenvalue weighted by molar-refractivity contribution is 6.20. The monoisotopic (exact) mass is 546 g/mol. The summed E-state index contributed by atoms with van der Waals surface area (Å²) in [5.74, 6) is 0. The first-order valence-electron chi connectivity index (χ1n) is 15.2. The van der Waals surface area contributed by atoms with Gasteiger partial charge < -0.3 is 0 Å². The van der Waals surface area contributed by atoms with E-state index in [4.69, 9.17) is 0 Å². The topological polar surface area (TPSA) is 0 Å². The van der Waals surface area contributed by atoms with Gasteiger partial charge in [-0.2, -0.15) is 0 Å². The first-order chi connectivity index (χ1) is 21.0. The van der Waals surface area contributed by atoms with Crippen LogP contribution in [0.25, 0.3) is 76.5 Å². The molecule has 0 fully saturated rings. The Kier molecular flexibility index (Phi) is 5.05. The molecular formula is C43H30. The molecule has 0 heterocycles. The largest absolute Gasteiger partial charge is 0.0616 e. The van der Waals surface area contributed by atoms with E-state index >= 15 is 0 Å². The summed E-state index contributed by atoms with van der Waals surface area (Å²) in [5.41, 5.74) is 10.5. The van der Waals surface area contributed by atoms with Crippen LogP contribution in [0.3, 0.4) is 0 Å². The molecule has 0 saturated heterocycles. The number of fused-ring (bicyclic) bond motifs is 9. The van der Waals surface area contributed by atoms with Gasteiger partial charge in [-0.15, -0.1) is 0 Å². The van der Waals surface area contributed by atoms with E-state index in [1.54, 1.807) is 0 Å². The Balaban J connectivity index is 1.18. The molecule has 1 aliphatic rings. The maximum absolute atomic E-state index is 2.41. The van der Waals surface area contributed by atoms with Gasteiger partial charge in [-0.25, -0.2) is 0 Å². The summed E-state index contributed by atoms with van der Waals surface area (Å²) < 4.78 is 0. The second-order valence-corrected chi connectivity index (χ2v) is 12.6. The zero-order valence-electron chi connectivity index (χ0n) is 24.4. The van der Waals surface area contributed by atoms with Crippen molar-refractivity contribution in [2.45, 2.75) is 19.3 Å². The predicted molar refractivity (Wildman–Crippen MR) is 185 cm³/mol. The van der Waals surface area contributed by atoms with E-state index in [9.17, 15) is 0 Å². The molecule has 0 nitrogen and oxygen atoms in total. The summed E-state index contributed by atoms with van der Waals surface area (Å²) in [6.07, 6.45) is 0. The van der Waals surface area contributed by atoms with Crippen molar-refractivity contribution < 1.29 is 0 Å². The Hall–Kier alpha value is -5.20. The van der Waals surface area contributed by atoms with Crippen molar-refractivity contribution in [3.63, 3.8) is 0 Å². The molecule has 202 valence electrons. The Morgan fingerprint density at radius 2 is 0.907 bits per heavy atom. The number of rotatable bonds is 2. The SMILES string of the molecule is CC1(C)c2ccc(-c3cccc(-c4ccc5ccc6ccc7ccccc7c6c5c4)c3)cc2-c2cc3ccccc3cc21. The summed E-state index contributed by atoms with van der Waals surface area (Å²) in [7, 11) is 0. The normalized spacial score (nSPS) is 13.5. The van der Waals surface area contributed by atoms with Crippen LogP contribution in [0.4, 0.5) is 0 Å². The highest BCUT2D eigenvalue weighted by Crippen LogP contribution is 2.51. The third-order valence-corrected chi connectivity index (χ3v) is 9.80. The third kappa shape index (κ3) is 3.63.